The Kier molecular flexibility index (Phi) is 5.23. The highest BCUT2D eigenvalue weighted by molar-refractivity contribution is 9.10. The number of pyridine rings is 1. The summed E-state index contributed by atoms with van der Waals surface area (Å²) in [6.07, 6.45) is 5.37. The van der Waals surface area contributed by atoms with Crippen molar-refractivity contribution in [1.82, 2.24) is 4.98 Å². The second kappa shape index (κ2) is 7.36. The Morgan fingerprint density at radius 2 is 2.35 bits per heavy atom. The van der Waals surface area contributed by atoms with E-state index in [-0.39, 0.29) is 6.03 Å². The van der Waals surface area contributed by atoms with Gasteiger partial charge in [-0.05, 0) is 64.4 Å². The number of thioether (sulfide) groups is 1. The number of aromatic nitrogens is 1. The summed E-state index contributed by atoms with van der Waals surface area (Å²) in [6.45, 7) is 2.88. The first-order chi connectivity index (χ1) is 11.2. The molecule has 0 bridgehead atoms. The molecule has 0 radical (unpaired) electrons. The molecule has 0 unspecified atom stereocenters. The van der Waals surface area contributed by atoms with Crippen LogP contribution in [0.25, 0.3) is 0 Å². The Morgan fingerprint density at radius 3 is 3.09 bits per heavy atom. The van der Waals surface area contributed by atoms with Crippen LogP contribution in [-0.4, -0.2) is 23.3 Å². The first-order valence-electron chi connectivity index (χ1n) is 7.63. The van der Waals surface area contributed by atoms with Gasteiger partial charge < -0.3 is 5.32 Å². The van der Waals surface area contributed by atoms with Gasteiger partial charge in [0.15, 0.2) is 0 Å². The lowest BCUT2D eigenvalue weighted by Gasteiger charge is -2.19. The topological polar surface area (TPSA) is 45.2 Å². The zero-order chi connectivity index (χ0) is 16.2. The molecular formula is C17H18BrN3OS. The van der Waals surface area contributed by atoms with Crippen molar-refractivity contribution in [2.45, 2.75) is 24.7 Å². The maximum atomic E-state index is 12.5. The van der Waals surface area contributed by atoms with Crippen molar-refractivity contribution in [3.63, 3.8) is 0 Å². The molecule has 0 fully saturated rings. The van der Waals surface area contributed by atoms with Crippen LogP contribution in [0.4, 0.5) is 16.2 Å². The van der Waals surface area contributed by atoms with E-state index in [4.69, 9.17) is 0 Å². The van der Waals surface area contributed by atoms with Crippen LogP contribution < -0.4 is 10.2 Å². The number of urea groups is 1. The predicted molar refractivity (Wildman–Crippen MR) is 99.5 cm³/mol. The van der Waals surface area contributed by atoms with Crippen LogP contribution in [0.2, 0.25) is 0 Å². The average Bonchev–Trinajstić information content (AvgIpc) is 2.96. The van der Waals surface area contributed by atoms with Gasteiger partial charge in [-0.15, -0.1) is 11.8 Å². The van der Waals surface area contributed by atoms with E-state index in [1.165, 1.54) is 10.5 Å². The minimum absolute atomic E-state index is 0.113. The number of carbonyl (C=O) groups is 1. The Bertz CT molecular complexity index is 708. The van der Waals surface area contributed by atoms with Gasteiger partial charge in [-0.1, -0.05) is 6.92 Å². The number of anilines is 2. The maximum Gasteiger partial charge on any atom is 0.326 e. The van der Waals surface area contributed by atoms with Crippen molar-refractivity contribution in [1.29, 1.82) is 0 Å². The number of hydrogen-bond donors (Lipinski definition) is 1. The van der Waals surface area contributed by atoms with E-state index in [0.717, 1.165) is 28.8 Å². The second-order valence-corrected chi connectivity index (χ2v) is 7.32. The molecular weight excluding hydrogens is 374 g/mol. The number of nitrogens with zero attached hydrogens (tertiary/aromatic N) is 2. The fourth-order valence-electron chi connectivity index (χ4n) is 2.55. The van der Waals surface area contributed by atoms with Gasteiger partial charge in [-0.3, -0.25) is 9.88 Å². The lowest BCUT2D eigenvalue weighted by atomic mass is 10.2. The van der Waals surface area contributed by atoms with E-state index in [2.05, 4.69) is 45.3 Å². The van der Waals surface area contributed by atoms with Crippen LogP contribution in [0.15, 0.2) is 46.0 Å². The van der Waals surface area contributed by atoms with E-state index >= 15 is 0 Å². The van der Waals surface area contributed by atoms with Crippen molar-refractivity contribution < 1.29 is 4.79 Å². The van der Waals surface area contributed by atoms with Crippen LogP contribution in [0.5, 0.6) is 0 Å². The molecule has 6 heteroatoms. The standard InChI is InChI=1S/C17H18BrN3OS/c1-2-8-23-16-9-12-5-7-21(15(12)10-14(16)18)17(22)20-13-4-3-6-19-11-13/h3-4,6,9-11H,2,5,7-8H2,1H3,(H,20,22). The molecule has 0 atom stereocenters. The van der Waals surface area contributed by atoms with Gasteiger partial charge >= 0.3 is 6.03 Å². The number of fused-ring (bicyclic) bond motifs is 1. The average molecular weight is 392 g/mol. The van der Waals surface area contributed by atoms with Crippen molar-refractivity contribution in [2.75, 3.05) is 22.5 Å². The molecule has 1 aliphatic rings. The molecule has 2 amide bonds. The lowest BCUT2D eigenvalue weighted by molar-refractivity contribution is 0.257. The molecule has 120 valence electrons. The number of amides is 2. The summed E-state index contributed by atoms with van der Waals surface area (Å²) in [4.78, 5) is 19.6. The molecule has 0 saturated carbocycles. The van der Waals surface area contributed by atoms with Crippen LogP contribution in [0.3, 0.4) is 0 Å². The third-order valence-corrected chi connectivity index (χ3v) is 5.83. The quantitative estimate of drug-likeness (QED) is 0.750. The van der Waals surface area contributed by atoms with Crippen molar-refractivity contribution in [2.24, 2.45) is 0 Å². The zero-order valence-electron chi connectivity index (χ0n) is 12.9. The molecule has 0 spiro atoms. The zero-order valence-corrected chi connectivity index (χ0v) is 15.3. The van der Waals surface area contributed by atoms with Crippen LogP contribution in [0, 0.1) is 0 Å². The SMILES string of the molecule is CCCSc1cc2c(cc1Br)N(C(=O)Nc1cccnc1)CC2. The van der Waals surface area contributed by atoms with Gasteiger partial charge in [0.2, 0.25) is 0 Å². The Labute approximate surface area is 148 Å². The number of halogens is 1. The predicted octanol–water partition coefficient (Wildman–Crippen LogP) is 4.94. The molecule has 1 aromatic heterocycles. The molecule has 1 aliphatic heterocycles. The van der Waals surface area contributed by atoms with Crippen LogP contribution >= 0.6 is 27.7 Å². The van der Waals surface area contributed by atoms with Crippen LogP contribution in [0.1, 0.15) is 18.9 Å². The number of carbonyl (C=O) groups excluding carboxylic acids is 1. The molecule has 0 aliphatic carbocycles. The fraction of sp³-hybridized carbons (Fsp3) is 0.294. The summed E-state index contributed by atoms with van der Waals surface area (Å²) < 4.78 is 1.05. The Morgan fingerprint density at radius 1 is 1.48 bits per heavy atom. The molecule has 1 aromatic carbocycles. The molecule has 2 aromatic rings. The van der Waals surface area contributed by atoms with Gasteiger partial charge in [-0.2, -0.15) is 0 Å². The van der Waals surface area contributed by atoms with Crippen molar-refractivity contribution in [3.8, 4) is 0 Å². The number of nitrogens with one attached hydrogen (secondary N) is 1. The summed E-state index contributed by atoms with van der Waals surface area (Å²) in [6, 6.07) is 7.79. The molecule has 2 heterocycles. The van der Waals surface area contributed by atoms with Gasteiger partial charge in [0.25, 0.3) is 0 Å². The summed E-state index contributed by atoms with van der Waals surface area (Å²) in [5.74, 6) is 1.10. The van der Waals surface area contributed by atoms with Crippen molar-refractivity contribution in [3.05, 3.63) is 46.7 Å². The normalized spacial score (nSPS) is 13.0. The molecule has 23 heavy (non-hydrogen) atoms. The van der Waals surface area contributed by atoms with Crippen LogP contribution in [-0.2, 0) is 6.42 Å². The van der Waals surface area contributed by atoms with E-state index < -0.39 is 0 Å². The highest BCUT2D eigenvalue weighted by atomic mass is 79.9. The Hall–Kier alpha value is -1.53. The largest absolute Gasteiger partial charge is 0.326 e. The van der Waals surface area contributed by atoms with Gasteiger partial charge in [-0.25, -0.2) is 4.79 Å². The minimum Gasteiger partial charge on any atom is -0.306 e. The highest BCUT2D eigenvalue weighted by Crippen LogP contribution is 2.38. The minimum atomic E-state index is -0.113. The van der Waals surface area contributed by atoms with E-state index in [1.54, 1.807) is 23.4 Å². The summed E-state index contributed by atoms with van der Waals surface area (Å²) >= 11 is 5.49. The first-order valence-corrected chi connectivity index (χ1v) is 9.40. The third kappa shape index (κ3) is 3.70. The number of benzene rings is 1. The lowest BCUT2D eigenvalue weighted by Crippen LogP contribution is -2.33. The summed E-state index contributed by atoms with van der Waals surface area (Å²) in [5.41, 5.74) is 2.92. The molecule has 1 N–H and O–H groups in total. The van der Waals surface area contributed by atoms with Crippen molar-refractivity contribution >= 4 is 45.1 Å². The fourth-order valence-corrected chi connectivity index (χ4v) is 4.07. The third-order valence-electron chi connectivity index (χ3n) is 3.65. The number of rotatable bonds is 4. The summed E-state index contributed by atoms with van der Waals surface area (Å²) in [5, 5.41) is 2.90. The summed E-state index contributed by atoms with van der Waals surface area (Å²) in [7, 11) is 0. The molecule has 0 saturated heterocycles. The van der Waals surface area contributed by atoms with Gasteiger partial charge in [0.1, 0.15) is 0 Å². The smallest absolute Gasteiger partial charge is 0.306 e. The maximum absolute atomic E-state index is 12.5. The van der Waals surface area contributed by atoms with E-state index in [0.29, 0.717) is 12.2 Å². The molecule has 4 nitrogen and oxygen atoms in total. The first kappa shape index (κ1) is 16.3. The molecule has 3 rings (SSSR count). The number of hydrogen-bond acceptors (Lipinski definition) is 3. The highest BCUT2D eigenvalue weighted by Gasteiger charge is 2.26. The van der Waals surface area contributed by atoms with Gasteiger partial charge in [0, 0.05) is 27.8 Å². The van der Waals surface area contributed by atoms with E-state index in [9.17, 15) is 4.79 Å². The second-order valence-electron chi connectivity index (χ2n) is 5.33. The Balaban J connectivity index is 1.78. The monoisotopic (exact) mass is 391 g/mol. The van der Waals surface area contributed by atoms with E-state index in [1.807, 2.05) is 17.8 Å². The van der Waals surface area contributed by atoms with Gasteiger partial charge in [0.05, 0.1) is 11.9 Å².